The third-order valence-corrected chi connectivity index (χ3v) is 9.27. The molecular formula is C33H35N3O6S. The van der Waals surface area contributed by atoms with Crippen molar-refractivity contribution in [2.75, 3.05) is 19.0 Å². The fourth-order valence-electron chi connectivity index (χ4n) is 5.06. The molecule has 1 aliphatic rings. The number of hydrogen-bond acceptors (Lipinski definition) is 8. The van der Waals surface area contributed by atoms with Gasteiger partial charge in [-0.25, -0.2) is 18.8 Å². The van der Waals surface area contributed by atoms with E-state index in [0.29, 0.717) is 30.9 Å². The summed E-state index contributed by atoms with van der Waals surface area (Å²) in [5, 5.41) is 11.1. The van der Waals surface area contributed by atoms with Gasteiger partial charge < -0.3 is 14.6 Å². The Labute approximate surface area is 251 Å². The van der Waals surface area contributed by atoms with Crippen molar-refractivity contribution in [1.82, 2.24) is 10.9 Å². The summed E-state index contributed by atoms with van der Waals surface area (Å²) in [6.07, 6.45) is -0.306. The lowest BCUT2D eigenvalue weighted by molar-refractivity contribution is -0.129. The van der Waals surface area contributed by atoms with Crippen LogP contribution in [0.5, 0.6) is 5.75 Å². The predicted octanol–water partition coefficient (Wildman–Crippen LogP) is 4.19. The second-order valence-corrected chi connectivity index (χ2v) is 12.5. The van der Waals surface area contributed by atoms with Crippen LogP contribution in [-0.4, -0.2) is 55.9 Å². The molecule has 1 aliphatic heterocycles. The molecule has 4 aromatic rings. The molecule has 1 amide bonds. The highest BCUT2D eigenvalue weighted by molar-refractivity contribution is 7.91. The number of amides is 1. The topological polar surface area (TPSA) is 126 Å². The summed E-state index contributed by atoms with van der Waals surface area (Å²) in [4.78, 5) is 18.8. The van der Waals surface area contributed by atoms with Gasteiger partial charge in [0.15, 0.2) is 15.4 Å². The summed E-state index contributed by atoms with van der Waals surface area (Å²) < 4.78 is 38.1. The number of nitrogens with zero attached hydrogens (tertiary/aromatic N) is 1. The number of hydrazine groups is 1. The number of nitrogens with one attached hydrogen (secondary N) is 2. The van der Waals surface area contributed by atoms with E-state index in [0.717, 1.165) is 16.3 Å². The number of rotatable bonds is 13. The van der Waals surface area contributed by atoms with Crippen LogP contribution in [0.1, 0.15) is 30.9 Å². The minimum atomic E-state index is -3.69. The van der Waals surface area contributed by atoms with Gasteiger partial charge in [0.1, 0.15) is 11.9 Å². The molecule has 4 aromatic carbocycles. The van der Waals surface area contributed by atoms with Crippen LogP contribution in [-0.2, 0) is 25.9 Å². The summed E-state index contributed by atoms with van der Waals surface area (Å²) in [5.74, 6) is 0.0909. The van der Waals surface area contributed by atoms with Gasteiger partial charge in [-0.2, -0.15) is 0 Å². The van der Waals surface area contributed by atoms with E-state index in [1.54, 1.807) is 61.5 Å². The van der Waals surface area contributed by atoms with Crippen LogP contribution in [0.2, 0.25) is 0 Å². The molecule has 10 heteroatoms. The van der Waals surface area contributed by atoms with Crippen molar-refractivity contribution in [3.05, 3.63) is 108 Å². The van der Waals surface area contributed by atoms with Gasteiger partial charge in [0.05, 0.1) is 17.3 Å². The molecule has 43 heavy (non-hydrogen) atoms. The van der Waals surface area contributed by atoms with E-state index >= 15 is 0 Å². The average molecular weight is 602 g/mol. The van der Waals surface area contributed by atoms with Crippen molar-refractivity contribution in [2.45, 2.75) is 42.8 Å². The minimum Gasteiger partial charge on any atom is -0.494 e. The number of carbonyl (C=O) groups is 1. The number of benzene rings is 4. The van der Waals surface area contributed by atoms with Crippen LogP contribution in [0.3, 0.4) is 0 Å². The fourth-order valence-corrected chi connectivity index (χ4v) is 6.45. The van der Waals surface area contributed by atoms with Gasteiger partial charge in [-0.05, 0) is 66.1 Å². The van der Waals surface area contributed by atoms with E-state index in [4.69, 9.17) is 19.6 Å². The summed E-state index contributed by atoms with van der Waals surface area (Å²) in [6.45, 7) is 2.51. The Balaban J connectivity index is 1.38. The molecule has 9 nitrogen and oxygen atoms in total. The van der Waals surface area contributed by atoms with Gasteiger partial charge in [0.2, 0.25) is 5.90 Å². The van der Waals surface area contributed by atoms with Gasteiger partial charge >= 0.3 is 0 Å². The molecule has 1 heterocycles. The number of carbonyl (C=O) groups excluding carboxylic acids is 1. The second-order valence-electron chi connectivity index (χ2n) is 10.4. The second kappa shape index (κ2) is 13.4. The van der Waals surface area contributed by atoms with Crippen LogP contribution in [0.25, 0.3) is 10.8 Å². The van der Waals surface area contributed by atoms with E-state index in [1.165, 1.54) is 0 Å². The van der Waals surface area contributed by atoms with E-state index in [9.17, 15) is 13.2 Å². The molecule has 0 saturated heterocycles. The van der Waals surface area contributed by atoms with Crippen LogP contribution in [0.15, 0.2) is 107 Å². The molecule has 0 aliphatic carbocycles. The molecule has 0 spiro atoms. The number of hydrogen-bond donors (Lipinski definition) is 3. The lowest BCUT2D eigenvalue weighted by Crippen LogP contribution is -2.55. The molecule has 0 fully saturated rings. The quantitative estimate of drug-likeness (QED) is 0.155. The molecule has 3 N–H and O–H groups in total. The van der Waals surface area contributed by atoms with Gasteiger partial charge in [-0.3, -0.25) is 10.2 Å². The molecule has 0 aromatic heterocycles. The molecular weight excluding hydrogens is 566 g/mol. The molecule has 0 saturated carbocycles. The third-order valence-electron chi connectivity index (χ3n) is 7.54. The molecule has 224 valence electrons. The van der Waals surface area contributed by atoms with Crippen molar-refractivity contribution in [3.8, 4) is 5.75 Å². The minimum absolute atomic E-state index is 0.0432. The first-order valence-corrected chi connectivity index (χ1v) is 15.9. The number of aliphatic hydroxyl groups is 1. The number of sulfone groups is 1. The largest absolute Gasteiger partial charge is 0.494 e. The Morgan fingerprint density at radius 2 is 1.70 bits per heavy atom. The Bertz CT molecular complexity index is 1690. The van der Waals surface area contributed by atoms with Crippen LogP contribution in [0, 0.1) is 0 Å². The predicted molar refractivity (Wildman–Crippen MR) is 165 cm³/mol. The van der Waals surface area contributed by atoms with E-state index in [2.05, 4.69) is 10.9 Å². The average Bonchev–Trinajstić information content (AvgIpc) is 3.38. The molecule has 0 unspecified atom stereocenters. The van der Waals surface area contributed by atoms with Gasteiger partial charge in [0.25, 0.3) is 5.91 Å². The number of aliphatic hydroxyl groups excluding tert-OH is 1. The summed E-state index contributed by atoms with van der Waals surface area (Å²) in [6, 6.07) is 29.2. The van der Waals surface area contributed by atoms with Gasteiger partial charge in [0, 0.05) is 25.1 Å². The first kappa shape index (κ1) is 30.2. The maximum absolute atomic E-state index is 13.9. The molecule has 5 rings (SSSR count). The normalized spacial score (nSPS) is 18.2. The van der Waals surface area contributed by atoms with Crippen molar-refractivity contribution in [1.29, 1.82) is 0 Å². The maximum Gasteiger partial charge on any atom is 0.266 e. The molecule has 0 radical (unpaired) electrons. The van der Waals surface area contributed by atoms with Gasteiger partial charge in [-0.1, -0.05) is 60.7 Å². The maximum atomic E-state index is 13.9. The highest BCUT2D eigenvalue weighted by atomic mass is 32.2. The van der Waals surface area contributed by atoms with Crippen LogP contribution in [0.4, 0.5) is 0 Å². The summed E-state index contributed by atoms with van der Waals surface area (Å²) in [7, 11) is -3.69. The monoisotopic (exact) mass is 601 g/mol. The standard InChI is InChI=1S/C33H35N3O6S/c1-24-33(19-22-43(39,40)29-12-3-2-4-13-29,35-31(42-24)26-15-17-28(18-16-26)41-21-8-20-37)32(38)36-34-23-27-11-7-10-25-9-5-6-14-30(25)27/h2-7,9-18,24,34,37H,8,19-23H2,1H3,(H,36,38)/t24-,33-/m0/s1. The highest BCUT2D eigenvalue weighted by Gasteiger charge is 2.50. The smallest absolute Gasteiger partial charge is 0.266 e. The zero-order valence-corrected chi connectivity index (χ0v) is 24.7. The lowest BCUT2D eigenvalue weighted by atomic mass is 9.90. The van der Waals surface area contributed by atoms with Crippen molar-refractivity contribution < 1.29 is 27.8 Å². The molecule has 2 atom stereocenters. The Kier molecular flexibility index (Phi) is 9.40. The van der Waals surface area contributed by atoms with E-state index in [1.807, 2.05) is 42.5 Å². The SMILES string of the molecule is C[C@@H]1OC(c2ccc(OCCCO)cc2)=N[C@]1(CCS(=O)(=O)c1ccccc1)C(=O)NNCc1cccc2ccccc12. The van der Waals surface area contributed by atoms with Gasteiger partial charge in [-0.15, -0.1) is 0 Å². The van der Waals surface area contributed by atoms with E-state index in [-0.39, 0.29) is 29.6 Å². The number of fused-ring (bicyclic) bond motifs is 1. The van der Waals surface area contributed by atoms with Crippen LogP contribution >= 0.6 is 0 Å². The highest BCUT2D eigenvalue weighted by Crippen LogP contribution is 2.33. The van der Waals surface area contributed by atoms with Crippen molar-refractivity contribution >= 4 is 32.4 Å². The van der Waals surface area contributed by atoms with Crippen molar-refractivity contribution in [2.24, 2.45) is 4.99 Å². The Morgan fingerprint density at radius 1 is 0.977 bits per heavy atom. The number of aliphatic imine (C=N–C) groups is 1. The first-order chi connectivity index (χ1) is 20.8. The van der Waals surface area contributed by atoms with Crippen molar-refractivity contribution in [3.63, 3.8) is 0 Å². The first-order valence-electron chi connectivity index (χ1n) is 14.2. The Morgan fingerprint density at radius 3 is 2.47 bits per heavy atom. The fraction of sp³-hybridized carbons (Fsp3) is 0.273. The summed E-state index contributed by atoms with van der Waals surface area (Å²) >= 11 is 0. The zero-order valence-electron chi connectivity index (χ0n) is 23.9. The third kappa shape index (κ3) is 6.88. The summed E-state index contributed by atoms with van der Waals surface area (Å²) in [5.41, 5.74) is 5.94. The lowest BCUT2D eigenvalue weighted by Gasteiger charge is -2.28. The van der Waals surface area contributed by atoms with E-state index < -0.39 is 27.4 Å². The molecule has 0 bridgehead atoms. The van der Waals surface area contributed by atoms with Crippen LogP contribution < -0.4 is 15.6 Å². The zero-order chi connectivity index (χ0) is 30.3. The Hall–Kier alpha value is -4.25. The number of ether oxygens (including phenoxy) is 2.